The molecule has 1 atom stereocenters. The molecule has 1 aromatic carbocycles. The fourth-order valence-corrected chi connectivity index (χ4v) is 4.12. The van der Waals surface area contributed by atoms with Gasteiger partial charge in [0.2, 0.25) is 0 Å². The van der Waals surface area contributed by atoms with E-state index in [4.69, 9.17) is 15.9 Å². The van der Waals surface area contributed by atoms with E-state index in [1.807, 2.05) is 18.2 Å². The number of rotatable bonds is 6. The summed E-state index contributed by atoms with van der Waals surface area (Å²) in [5.74, 6) is 1.60. The van der Waals surface area contributed by atoms with Gasteiger partial charge in [0.15, 0.2) is 0 Å². The molecule has 0 spiro atoms. The summed E-state index contributed by atoms with van der Waals surface area (Å²) in [4.78, 5) is 13.6. The van der Waals surface area contributed by atoms with Crippen LogP contribution in [0.1, 0.15) is 51.8 Å². The standard InChI is InChI=1S/C23H32N6O/c1-15(2)29-10-9-28(13-16(29)3)21-12-20(26-14-27-21)22(25)18-11-17(5-6-19(18)24)30-23(4)7-8-23/h5-6,11-12,14-16,25H,7-10,13,24H2,1-4H3. The predicted molar refractivity (Wildman–Crippen MR) is 121 cm³/mol. The molecule has 2 aliphatic rings. The molecule has 1 saturated heterocycles. The molecule has 2 aromatic rings. The molecule has 0 amide bonds. The van der Waals surface area contributed by atoms with Crippen molar-refractivity contribution in [2.24, 2.45) is 0 Å². The van der Waals surface area contributed by atoms with Gasteiger partial charge in [0.1, 0.15) is 23.5 Å². The summed E-state index contributed by atoms with van der Waals surface area (Å²) in [5, 5.41) is 8.74. The van der Waals surface area contributed by atoms with E-state index >= 15 is 0 Å². The molecule has 7 nitrogen and oxygen atoms in total. The zero-order valence-corrected chi connectivity index (χ0v) is 18.4. The lowest BCUT2D eigenvalue weighted by atomic mass is 10.0. The Morgan fingerprint density at radius 2 is 2.00 bits per heavy atom. The second-order valence-electron chi connectivity index (χ2n) is 9.06. The lowest BCUT2D eigenvalue weighted by Gasteiger charge is -2.42. The number of nitrogen functional groups attached to an aromatic ring is 1. The molecule has 1 saturated carbocycles. The normalized spacial score (nSPS) is 21.0. The van der Waals surface area contributed by atoms with Crippen molar-refractivity contribution in [3.8, 4) is 5.75 Å². The van der Waals surface area contributed by atoms with E-state index in [0.29, 0.717) is 29.0 Å². The van der Waals surface area contributed by atoms with Crippen molar-refractivity contribution in [3.05, 3.63) is 41.9 Å². The van der Waals surface area contributed by atoms with Gasteiger partial charge in [-0.25, -0.2) is 9.97 Å². The molecule has 1 unspecified atom stereocenters. The maximum atomic E-state index is 8.74. The maximum Gasteiger partial charge on any atom is 0.132 e. The summed E-state index contributed by atoms with van der Waals surface area (Å²) in [7, 11) is 0. The highest BCUT2D eigenvalue weighted by Gasteiger charge is 2.40. The molecule has 160 valence electrons. The topological polar surface area (TPSA) is 91.4 Å². The van der Waals surface area contributed by atoms with Gasteiger partial charge in [-0.15, -0.1) is 0 Å². The Balaban J connectivity index is 1.54. The molecule has 1 aliphatic carbocycles. The maximum absolute atomic E-state index is 8.74. The molecule has 1 aliphatic heterocycles. The molecular formula is C23H32N6O. The third-order valence-corrected chi connectivity index (χ3v) is 6.19. The summed E-state index contributed by atoms with van der Waals surface area (Å²) in [6.07, 6.45) is 3.66. The van der Waals surface area contributed by atoms with E-state index in [2.05, 4.69) is 47.5 Å². The van der Waals surface area contributed by atoms with Crippen LogP contribution < -0.4 is 15.4 Å². The van der Waals surface area contributed by atoms with Gasteiger partial charge in [-0.2, -0.15) is 0 Å². The van der Waals surface area contributed by atoms with Crippen LogP contribution in [0.3, 0.4) is 0 Å². The van der Waals surface area contributed by atoms with Crippen molar-refractivity contribution in [2.45, 2.75) is 58.2 Å². The first-order chi connectivity index (χ1) is 14.3. The summed E-state index contributed by atoms with van der Waals surface area (Å²) in [6.45, 7) is 11.7. The summed E-state index contributed by atoms with van der Waals surface area (Å²) < 4.78 is 6.06. The third-order valence-electron chi connectivity index (χ3n) is 6.19. The van der Waals surface area contributed by atoms with E-state index < -0.39 is 0 Å². The van der Waals surface area contributed by atoms with Crippen molar-refractivity contribution >= 4 is 17.2 Å². The number of hydrogen-bond acceptors (Lipinski definition) is 7. The van der Waals surface area contributed by atoms with Crippen LogP contribution in [0, 0.1) is 5.41 Å². The minimum atomic E-state index is -0.0769. The molecule has 30 heavy (non-hydrogen) atoms. The van der Waals surface area contributed by atoms with Gasteiger partial charge < -0.3 is 15.4 Å². The molecule has 0 bridgehead atoms. The van der Waals surface area contributed by atoms with E-state index in [1.54, 1.807) is 12.4 Å². The smallest absolute Gasteiger partial charge is 0.132 e. The summed E-state index contributed by atoms with van der Waals surface area (Å²) >= 11 is 0. The summed E-state index contributed by atoms with van der Waals surface area (Å²) in [5.41, 5.74) is 8.16. The van der Waals surface area contributed by atoms with Gasteiger partial charge in [0.25, 0.3) is 0 Å². The van der Waals surface area contributed by atoms with Crippen LogP contribution in [0.25, 0.3) is 0 Å². The molecule has 0 radical (unpaired) electrons. The Bertz CT molecular complexity index is 939. The predicted octanol–water partition coefficient (Wildman–Crippen LogP) is 3.33. The van der Waals surface area contributed by atoms with Crippen LogP contribution in [-0.4, -0.2) is 57.9 Å². The highest BCUT2D eigenvalue weighted by Crippen LogP contribution is 2.40. The average molecular weight is 409 g/mol. The molecule has 2 heterocycles. The minimum Gasteiger partial charge on any atom is -0.488 e. The summed E-state index contributed by atoms with van der Waals surface area (Å²) in [6, 6.07) is 8.41. The van der Waals surface area contributed by atoms with Crippen LogP contribution in [0.5, 0.6) is 5.75 Å². The Kier molecular flexibility index (Phi) is 5.40. The molecular weight excluding hydrogens is 376 g/mol. The number of aromatic nitrogens is 2. The number of nitrogens with two attached hydrogens (primary N) is 1. The largest absolute Gasteiger partial charge is 0.488 e. The van der Waals surface area contributed by atoms with Crippen molar-refractivity contribution < 1.29 is 4.74 Å². The van der Waals surface area contributed by atoms with E-state index in [9.17, 15) is 0 Å². The van der Waals surface area contributed by atoms with Crippen molar-refractivity contribution in [1.82, 2.24) is 14.9 Å². The van der Waals surface area contributed by atoms with Gasteiger partial charge in [-0.3, -0.25) is 10.3 Å². The van der Waals surface area contributed by atoms with E-state index in [1.165, 1.54) is 0 Å². The number of piperazine rings is 1. The third kappa shape index (κ3) is 4.26. The Morgan fingerprint density at radius 3 is 2.67 bits per heavy atom. The Morgan fingerprint density at radius 1 is 1.23 bits per heavy atom. The number of nitrogens with one attached hydrogen (secondary N) is 1. The van der Waals surface area contributed by atoms with Gasteiger partial charge in [-0.05, 0) is 58.7 Å². The molecule has 4 rings (SSSR count). The lowest BCUT2D eigenvalue weighted by Crippen LogP contribution is -2.54. The monoisotopic (exact) mass is 408 g/mol. The van der Waals surface area contributed by atoms with Crippen molar-refractivity contribution in [1.29, 1.82) is 5.41 Å². The van der Waals surface area contributed by atoms with Crippen molar-refractivity contribution in [3.63, 3.8) is 0 Å². The average Bonchev–Trinajstić information content (AvgIpc) is 3.45. The second-order valence-corrected chi connectivity index (χ2v) is 9.06. The fraction of sp³-hybridized carbons (Fsp3) is 0.522. The molecule has 7 heteroatoms. The Hall–Kier alpha value is -2.67. The minimum absolute atomic E-state index is 0.0769. The van der Waals surface area contributed by atoms with Gasteiger partial charge in [-0.1, -0.05) is 0 Å². The number of nitrogens with zero attached hydrogens (tertiary/aromatic N) is 4. The Labute approximate surface area is 178 Å². The van der Waals surface area contributed by atoms with Crippen LogP contribution in [-0.2, 0) is 0 Å². The van der Waals surface area contributed by atoms with Crippen molar-refractivity contribution in [2.75, 3.05) is 30.3 Å². The van der Waals surface area contributed by atoms with Gasteiger partial charge in [0, 0.05) is 49.0 Å². The van der Waals surface area contributed by atoms with Crippen LogP contribution in [0.2, 0.25) is 0 Å². The first-order valence-corrected chi connectivity index (χ1v) is 10.8. The highest BCUT2D eigenvalue weighted by molar-refractivity contribution is 6.13. The second kappa shape index (κ2) is 7.87. The van der Waals surface area contributed by atoms with E-state index in [-0.39, 0.29) is 11.3 Å². The van der Waals surface area contributed by atoms with Crippen LogP contribution >= 0.6 is 0 Å². The number of hydrogen-bond donors (Lipinski definition) is 2. The SMILES string of the molecule is CC(C)N1CCN(c2cc(C(=N)c3cc(OC4(C)CC4)ccc3N)ncn2)CC1C. The number of anilines is 2. The lowest BCUT2D eigenvalue weighted by molar-refractivity contribution is 0.148. The zero-order chi connectivity index (χ0) is 21.5. The molecule has 2 fully saturated rings. The number of ether oxygens (including phenoxy) is 1. The van der Waals surface area contributed by atoms with Crippen LogP contribution in [0.4, 0.5) is 11.5 Å². The molecule has 3 N–H and O–H groups in total. The van der Waals surface area contributed by atoms with E-state index in [0.717, 1.165) is 44.0 Å². The number of benzene rings is 1. The quantitative estimate of drug-likeness (QED) is 0.563. The van der Waals surface area contributed by atoms with Gasteiger partial charge >= 0.3 is 0 Å². The first-order valence-electron chi connectivity index (χ1n) is 10.8. The van der Waals surface area contributed by atoms with Gasteiger partial charge in [0.05, 0.1) is 11.4 Å². The fourth-order valence-electron chi connectivity index (χ4n) is 4.12. The first kappa shape index (κ1) is 20.6. The highest BCUT2D eigenvalue weighted by atomic mass is 16.5. The van der Waals surface area contributed by atoms with Crippen LogP contribution in [0.15, 0.2) is 30.6 Å². The zero-order valence-electron chi connectivity index (χ0n) is 18.4. The molecule has 1 aromatic heterocycles.